The molecule has 1 heterocycles. The quantitative estimate of drug-likeness (QED) is 0.923. The van der Waals surface area contributed by atoms with Crippen molar-refractivity contribution in [3.63, 3.8) is 0 Å². The minimum Gasteiger partial charge on any atom is -0.297 e. The minimum absolute atomic E-state index is 0.667. The number of hydrogen-bond acceptors (Lipinski definition) is 4. The van der Waals surface area contributed by atoms with Crippen molar-refractivity contribution >= 4 is 27.5 Å². The molecule has 2 rings (SSSR count). The predicted octanol–water partition coefficient (Wildman–Crippen LogP) is 1.92. The van der Waals surface area contributed by atoms with Gasteiger partial charge in [-0.1, -0.05) is 12.1 Å². The van der Waals surface area contributed by atoms with Crippen molar-refractivity contribution in [1.82, 2.24) is 4.90 Å². The van der Waals surface area contributed by atoms with E-state index >= 15 is 0 Å². The van der Waals surface area contributed by atoms with Gasteiger partial charge in [0, 0.05) is 31.1 Å². The number of sulfonamides is 1. The van der Waals surface area contributed by atoms with Crippen LogP contribution < -0.4 is 4.72 Å². The van der Waals surface area contributed by atoms with Crippen LogP contribution in [0.5, 0.6) is 0 Å². The van der Waals surface area contributed by atoms with Gasteiger partial charge in [-0.15, -0.1) is 0 Å². The maximum absolute atomic E-state index is 11.2. The Morgan fingerprint density at radius 1 is 1.32 bits per heavy atom. The third kappa shape index (κ3) is 4.71. The van der Waals surface area contributed by atoms with E-state index in [9.17, 15) is 8.42 Å². The Bertz CT molecular complexity index is 538. The Labute approximate surface area is 119 Å². The summed E-state index contributed by atoms with van der Waals surface area (Å²) in [6.45, 7) is 5.14. The molecule has 0 radical (unpaired) electrons. The van der Waals surface area contributed by atoms with E-state index in [0.29, 0.717) is 5.69 Å². The van der Waals surface area contributed by atoms with Gasteiger partial charge in [0.25, 0.3) is 0 Å². The summed E-state index contributed by atoms with van der Waals surface area (Å²) in [5, 5.41) is 0. The molecule has 1 aliphatic heterocycles. The maximum Gasteiger partial charge on any atom is 0.229 e. The van der Waals surface area contributed by atoms with Crippen molar-refractivity contribution in [2.75, 3.05) is 35.6 Å². The van der Waals surface area contributed by atoms with Crippen LogP contribution in [0.15, 0.2) is 18.2 Å². The van der Waals surface area contributed by atoms with E-state index in [0.717, 1.165) is 25.2 Å². The zero-order chi connectivity index (χ0) is 13.9. The van der Waals surface area contributed by atoms with E-state index in [4.69, 9.17) is 0 Å². The lowest BCUT2D eigenvalue weighted by molar-refractivity contribution is 0.294. The molecule has 19 heavy (non-hydrogen) atoms. The Balaban J connectivity index is 2.05. The van der Waals surface area contributed by atoms with Gasteiger partial charge in [0.2, 0.25) is 10.0 Å². The highest BCUT2D eigenvalue weighted by Gasteiger charge is 2.11. The lowest BCUT2D eigenvalue weighted by Crippen LogP contribution is -2.31. The Hall–Kier alpha value is -0.720. The highest BCUT2D eigenvalue weighted by molar-refractivity contribution is 7.99. The highest BCUT2D eigenvalue weighted by atomic mass is 32.2. The van der Waals surface area contributed by atoms with Crippen molar-refractivity contribution in [2.24, 2.45) is 0 Å². The first-order valence-corrected chi connectivity index (χ1v) is 9.36. The van der Waals surface area contributed by atoms with Crippen molar-refractivity contribution in [3.8, 4) is 0 Å². The molecule has 1 fully saturated rings. The summed E-state index contributed by atoms with van der Waals surface area (Å²) in [6, 6.07) is 5.92. The van der Waals surface area contributed by atoms with Crippen molar-refractivity contribution in [1.29, 1.82) is 0 Å². The monoisotopic (exact) mass is 300 g/mol. The largest absolute Gasteiger partial charge is 0.297 e. The zero-order valence-corrected chi connectivity index (χ0v) is 13.0. The normalized spacial score (nSPS) is 17.4. The van der Waals surface area contributed by atoms with Gasteiger partial charge in [0.1, 0.15) is 0 Å². The number of rotatable bonds is 4. The average molecular weight is 300 g/mol. The molecule has 106 valence electrons. The van der Waals surface area contributed by atoms with Gasteiger partial charge in [-0.05, 0) is 24.1 Å². The summed E-state index contributed by atoms with van der Waals surface area (Å²) in [5.41, 5.74) is 2.87. The summed E-state index contributed by atoms with van der Waals surface area (Å²) >= 11 is 2.00. The van der Waals surface area contributed by atoms with Crippen molar-refractivity contribution in [2.45, 2.75) is 13.5 Å². The standard InChI is InChI=1S/C13H20N2O2S2/c1-11-9-12(10-15-5-7-18-8-6-15)3-4-13(11)14-19(2,16)17/h3-4,9,14H,5-8,10H2,1-2H3. The molecular weight excluding hydrogens is 280 g/mol. The van der Waals surface area contributed by atoms with Crippen LogP contribution in [0.1, 0.15) is 11.1 Å². The van der Waals surface area contributed by atoms with Crippen LogP contribution in [0.4, 0.5) is 5.69 Å². The van der Waals surface area contributed by atoms with E-state index in [1.165, 1.54) is 23.3 Å². The Kier molecular flexibility index (Phi) is 4.76. The van der Waals surface area contributed by atoms with E-state index in [-0.39, 0.29) is 0 Å². The van der Waals surface area contributed by atoms with Crippen LogP contribution in [0.3, 0.4) is 0 Å². The summed E-state index contributed by atoms with van der Waals surface area (Å²) in [6.07, 6.45) is 1.17. The third-order valence-electron chi connectivity index (χ3n) is 3.10. The third-order valence-corrected chi connectivity index (χ3v) is 4.63. The molecule has 0 spiro atoms. The molecule has 1 aromatic rings. The molecule has 4 nitrogen and oxygen atoms in total. The second-order valence-corrected chi connectivity index (χ2v) is 7.89. The number of benzene rings is 1. The molecule has 0 aromatic heterocycles. The van der Waals surface area contributed by atoms with Gasteiger partial charge in [0.05, 0.1) is 11.9 Å². The summed E-state index contributed by atoms with van der Waals surface area (Å²) in [5.74, 6) is 2.40. The minimum atomic E-state index is -3.20. The smallest absolute Gasteiger partial charge is 0.229 e. The fourth-order valence-corrected chi connectivity index (χ4v) is 3.76. The number of anilines is 1. The van der Waals surface area contributed by atoms with Gasteiger partial charge in [-0.25, -0.2) is 8.42 Å². The van der Waals surface area contributed by atoms with Gasteiger partial charge < -0.3 is 0 Å². The fourth-order valence-electron chi connectivity index (χ4n) is 2.16. The second kappa shape index (κ2) is 6.15. The van der Waals surface area contributed by atoms with Crippen LogP contribution in [0.25, 0.3) is 0 Å². The van der Waals surface area contributed by atoms with Crippen LogP contribution in [-0.2, 0) is 16.6 Å². The molecule has 0 aliphatic carbocycles. The Morgan fingerprint density at radius 2 is 2.00 bits per heavy atom. The molecular formula is C13H20N2O2S2. The molecule has 6 heteroatoms. The molecule has 1 N–H and O–H groups in total. The second-order valence-electron chi connectivity index (χ2n) is 4.91. The molecule has 0 bridgehead atoms. The molecule has 0 saturated carbocycles. The van der Waals surface area contributed by atoms with E-state index < -0.39 is 10.0 Å². The number of hydrogen-bond donors (Lipinski definition) is 1. The maximum atomic E-state index is 11.2. The lowest BCUT2D eigenvalue weighted by atomic mass is 10.1. The van der Waals surface area contributed by atoms with Crippen LogP contribution in [0, 0.1) is 6.92 Å². The van der Waals surface area contributed by atoms with Crippen molar-refractivity contribution in [3.05, 3.63) is 29.3 Å². The topological polar surface area (TPSA) is 49.4 Å². The summed E-state index contributed by atoms with van der Waals surface area (Å²) in [7, 11) is -3.20. The van der Waals surface area contributed by atoms with Crippen LogP contribution >= 0.6 is 11.8 Å². The number of thioether (sulfide) groups is 1. The van der Waals surface area contributed by atoms with E-state index in [2.05, 4.69) is 15.7 Å². The lowest BCUT2D eigenvalue weighted by Gasteiger charge is -2.26. The van der Waals surface area contributed by atoms with Gasteiger partial charge in [0.15, 0.2) is 0 Å². The molecule has 1 saturated heterocycles. The SMILES string of the molecule is Cc1cc(CN2CCSCC2)ccc1NS(C)(=O)=O. The number of nitrogens with one attached hydrogen (secondary N) is 1. The summed E-state index contributed by atoms with van der Waals surface area (Å²) in [4.78, 5) is 2.44. The average Bonchev–Trinajstić information content (AvgIpc) is 2.33. The first-order valence-electron chi connectivity index (χ1n) is 6.31. The van der Waals surface area contributed by atoms with Crippen LogP contribution in [-0.4, -0.2) is 44.2 Å². The van der Waals surface area contributed by atoms with Gasteiger partial charge in [-0.2, -0.15) is 11.8 Å². The van der Waals surface area contributed by atoms with Gasteiger partial charge in [-0.3, -0.25) is 9.62 Å². The molecule has 0 amide bonds. The molecule has 0 atom stereocenters. The van der Waals surface area contributed by atoms with Gasteiger partial charge >= 0.3 is 0 Å². The first-order chi connectivity index (χ1) is 8.94. The summed E-state index contributed by atoms with van der Waals surface area (Å²) < 4.78 is 25.0. The zero-order valence-electron chi connectivity index (χ0n) is 11.3. The predicted molar refractivity (Wildman–Crippen MR) is 82.2 cm³/mol. The highest BCUT2D eigenvalue weighted by Crippen LogP contribution is 2.19. The molecule has 1 aliphatic rings. The molecule has 0 unspecified atom stereocenters. The number of nitrogens with zero attached hydrogens (tertiary/aromatic N) is 1. The first kappa shape index (κ1) is 14.7. The van der Waals surface area contributed by atoms with E-state index in [1.807, 2.05) is 30.8 Å². The van der Waals surface area contributed by atoms with E-state index in [1.54, 1.807) is 0 Å². The van der Waals surface area contributed by atoms with Crippen molar-refractivity contribution < 1.29 is 8.42 Å². The Morgan fingerprint density at radius 3 is 2.58 bits per heavy atom. The van der Waals surface area contributed by atoms with Crippen LogP contribution in [0.2, 0.25) is 0 Å². The fraction of sp³-hybridized carbons (Fsp3) is 0.538. The molecule has 1 aromatic carbocycles. The number of aryl methyl sites for hydroxylation is 1.